The maximum Gasteiger partial charge on any atom is 0.115 e. The van der Waals surface area contributed by atoms with Crippen molar-refractivity contribution in [1.82, 2.24) is 24.6 Å². The van der Waals surface area contributed by atoms with E-state index in [0.717, 1.165) is 19.6 Å². The molecule has 5 heteroatoms. The highest BCUT2D eigenvalue weighted by atomic mass is 15.3. The second-order valence-electron chi connectivity index (χ2n) is 5.59. The van der Waals surface area contributed by atoms with E-state index in [4.69, 9.17) is 0 Å². The van der Waals surface area contributed by atoms with Crippen LogP contribution in [0.3, 0.4) is 0 Å². The van der Waals surface area contributed by atoms with Gasteiger partial charge in [0.15, 0.2) is 0 Å². The summed E-state index contributed by atoms with van der Waals surface area (Å²) in [6, 6.07) is 2.05. The second kappa shape index (κ2) is 5.71. The molecule has 3 heterocycles. The first-order valence-corrected chi connectivity index (χ1v) is 7.20. The number of aryl methyl sites for hydroxylation is 1. The second-order valence-corrected chi connectivity index (χ2v) is 5.59. The van der Waals surface area contributed by atoms with Crippen LogP contribution in [-0.4, -0.2) is 37.7 Å². The highest BCUT2D eigenvalue weighted by Gasteiger charge is 2.23. The summed E-state index contributed by atoms with van der Waals surface area (Å²) < 4.78 is 1.95. The van der Waals surface area contributed by atoms with E-state index in [2.05, 4.69) is 26.9 Å². The lowest BCUT2D eigenvalue weighted by molar-refractivity contribution is 0.198. The minimum atomic E-state index is 0.531. The largest absolute Gasteiger partial charge is 0.298 e. The molecule has 0 N–H and O–H groups in total. The normalized spacial score (nSPS) is 20.2. The number of nitrogens with zero attached hydrogens (tertiary/aromatic N) is 5. The van der Waals surface area contributed by atoms with Gasteiger partial charge in [0.1, 0.15) is 6.33 Å². The summed E-state index contributed by atoms with van der Waals surface area (Å²) in [4.78, 5) is 10.9. The molecule has 20 heavy (non-hydrogen) atoms. The Morgan fingerprint density at radius 3 is 3.00 bits per heavy atom. The molecule has 1 aliphatic rings. The van der Waals surface area contributed by atoms with Gasteiger partial charge in [-0.15, -0.1) is 0 Å². The van der Waals surface area contributed by atoms with Crippen LogP contribution in [0.15, 0.2) is 24.8 Å². The standard InChI is InChI=1S/C15H21N5/c1-12-14(8-18-19(12)2)10-20-7-3-4-13(9-20)15-5-6-16-11-17-15/h5-6,8,11,13H,3-4,7,9-10H2,1-2H3/t13-/m1/s1. The first-order chi connectivity index (χ1) is 9.74. The number of rotatable bonds is 3. The van der Waals surface area contributed by atoms with Gasteiger partial charge in [-0.05, 0) is 32.4 Å². The van der Waals surface area contributed by atoms with Gasteiger partial charge in [-0.1, -0.05) is 0 Å². The molecular weight excluding hydrogens is 250 g/mol. The number of hydrogen-bond acceptors (Lipinski definition) is 4. The van der Waals surface area contributed by atoms with Gasteiger partial charge in [-0.3, -0.25) is 9.58 Å². The molecule has 0 aromatic carbocycles. The topological polar surface area (TPSA) is 46.8 Å². The van der Waals surface area contributed by atoms with Crippen molar-refractivity contribution >= 4 is 0 Å². The Bertz CT molecular complexity index is 563. The van der Waals surface area contributed by atoms with Crippen molar-refractivity contribution in [2.75, 3.05) is 13.1 Å². The van der Waals surface area contributed by atoms with Crippen molar-refractivity contribution in [3.8, 4) is 0 Å². The Balaban J connectivity index is 1.68. The number of likely N-dealkylation sites (tertiary alicyclic amines) is 1. The van der Waals surface area contributed by atoms with Crippen LogP contribution in [0, 0.1) is 6.92 Å². The quantitative estimate of drug-likeness (QED) is 0.855. The van der Waals surface area contributed by atoms with Crippen molar-refractivity contribution in [2.45, 2.75) is 32.2 Å². The Morgan fingerprint density at radius 2 is 2.30 bits per heavy atom. The smallest absolute Gasteiger partial charge is 0.115 e. The number of hydrogen-bond donors (Lipinski definition) is 0. The molecule has 0 saturated carbocycles. The summed E-state index contributed by atoms with van der Waals surface area (Å²) in [7, 11) is 2.00. The molecule has 1 saturated heterocycles. The van der Waals surface area contributed by atoms with Gasteiger partial charge >= 0.3 is 0 Å². The highest BCUT2D eigenvalue weighted by Crippen LogP contribution is 2.26. The predicted octanol–water partition coefficient (Wildman–Crippen LogP) is 1.90. The zero-order valence-electron chi connectivity index (χ0n) is 12.2. The van der Waals surface area contributed by atoms with Gasteiger partial charge in [-0.25, -0.2) is 9.97 Å². The van der Waals surface area contributed by atoms with Gasteiger partial charge in [0.25, 0.3) is 0 Å². The van der Waals surface area contributed by atoms with Crippen LogP contribution in [0.25, 0.3) is 0 Å². The van der Waals surface area contributed by atoms with Crippen LogP contribution in [0.4, 0.5) is 0 Å². The van der Waals surface area contributed by atoms with E-state index in [-0.39, 0.29) is 0 Å². The summed E-state index contributed by atoms with van der Waals surface area (Å²) >= 11 is 0. The highest BCUT2D eigenvalue weighted by molar-refractivity contribution is 5.16. The summed E-state index contributed by atoms with van der Waals surface area (Å²) in [6.07, 6.45) is 7.93. The molecule has 0 spiro atoms. The monoisotopic (exact) mass is 271 g/mol. The van der Waals surface area contributed by atoms with Crippen LogP contribution >= 0.6 is 0 Å². The van der Waals surface area contributed by atoms with E-state index >= 15 is 0 Å². The first-order valence-electron chi connectivity index (χ1n) is 7.20. The fraction of sp³-hybridized carbons (Fsp3) is 0.533. The zero-order valence-corrected chi connectivity index (χ0v) is 12.2. The molecule has 1 aliphatic heterocycles. The Morgan fingerprint density at radius 1 is 1.40 bits per heavy atom. The molecule has 5 nitrogen and oxygen atoms in total. The first kappa shape index (κ1) is 13.2. The molecule has 0 bridgehead atoms. The number of piperidine rings is 1. The minimum absolute atomic E-state index is 0.531. The lowest BCUT2D eigenvalue weighted by Crippen LogP contribution is -2.34. The van der Waals surface area contributed by atoms with E-state index in [9.17, 15) is 0 Å². The van der Waals surface area contributed by atoms with E-state index in [1.807, 2.05) is 30.2 Å². The molecule has 1 fully saturated rings. The summed E-state index contributed by atoms with van der Waals surface area (Å²) in [6.45, 7) is 5.36. The third kappa shape index (κ3) is 2.72. The Kier molecular flexibility index (Phi) is 3.78. The van der Waals surface area contributed by atoms with Crippen LogP contribution < -0.4 is 0 Å². The van der Waals surface area contributed by atoms with Gasteiger partial charge in [0, 0.05) is 49.2 Å². The van der Waals surface area contributed by atoms with Crippen LogP contribution in [0.1, 0.15) is 35.7 Å². The Hall–Kier alpha value is -1.75. The molecular formula is C15H21N5. The summed E-state index contributed by atoms with van der Waals surface area (Å²) in [5, 5.41) is 4.33. The van der Waals surface area contributed by atoms with Crippen molar-refractivity contribution in [3.05, 3.63) is 41.7 Å². The molecule has 1 atom stereocenters. The van der Waals surface area contributed by atoms with E-state index < -0.39 is 0 Å². The van der Waals surface area contributed by atoms with Gasteiger partial charge in [0.2, 0.25) is 0 Å². The minimum Gasteiger partial charge on any atom is -0.298 e. The number of aromatic nitrogens is 4. The fourth-order valence-electron chi connectivity index (χ4n) is 2.92. The molecule has 0 aliphatic carbocycles. The molecule has 2 aromatic heterocycles. The molecule has 0 amide bonds. The van der Waals surface area contributed by atoms with Crippen LogP contribution in [-0.2, 0) is 13.6 Å². The summed E-state index contributed by atoms with van der Waals surface area (Å²) in [5.41, 5.74) is 3.76. The fourth-order valence-corrected chi connectivity index (χ4v) is 2.92. The lowest BCUT2D eigenvalue weighted by atomic mass is 9.94. The van der Waals surface area contributed by atoms with Crippen LogP contribution in [0.5, 0.6) is 0 Å². The third-order valence-corrected chi connectivity index (χ3v) is 4.26. The van der Waals surface area contributed by atoms with Gasteiger partial charge in [0.05, 0.1) is 6.20 Å². The van der Waals surface area contributed by atoms with E-state index in [1.54, 1.807) is 6.33 Å². The average Bonchev–Trinajstić information content (AvgIpc) is 2.81. The average molecular weight is 271 g/mol. The Labute approximate surface area is 119 Å². The summed E-state index contributed by atoms with van der Waals surface area (Å²) in [5.74, 6) is 0.531. The van der Waals surface area contributed by atoms with Crippen molar-refractivity contribution in [1.29, 1.82) is 0 Å². The third-order valence-electron chi connectivity index (χ3n) is 4.26. The lowest BCUT2D eigenvalue weighted by Gasteiger charge is -2.32. The molecule has 106 valence electrons. The van der Waals surface area contributed by atoms with Crippen molar-refractivity contribution in [3.63, 3.8) is 0 Å². The maximum atomic E-state index is 4.41. The zero-order chi connectivity index (χ0) is 13.9. The van der Waals surface area contributed by atoms with E-state index in [1.165, 1.54) is 29.8 Å². The van der Waals surface area contributed by atoms with Gasteiger partial charge < -0.3 is 0 Å². The van der Waals surface area contributed by atoms with E-state index in [0.29, 0.717) is 5.92 Å². The molecule has 0 radical (unpaired) electrons. The molecule has 3 rings (SSSR count). The molecule has 2 aromatic rings. The maximum absolute atomic E-state index is 4.41. The van der Waals surface area contributed by atoms with Crippen molar-refractivity contribution in [2.24, 2.45) is 7.05 Å². The van der Waals surface area contributed by atoms with Crippen molar-refractivity contribution < 1.29 is 0 Å². The predicted molar refractivity (Wildman–Crippen MR) is 77.2 cm³/mol. The SMILES string of the molecule is Cc1c(CN2CCC[C@@H](c3ccncn3)C2)cnn1C. The van der Waals surface area contributed by atoms with Gasteiger partial charge in [-0.2, -0.15) is 5.10 Å². The molecule has 0 unspecified atom stereocenters. The van der Waals surface area contributed by atoms with Crippen LogP contribution in [0.2, 0.25) is 0 Å².